The minimum atomic E-state index is -0.474. The van der Waals surface area contributed by atoms with Gasteiger partial charge in [-0.15, -0.1) is 0 Å². The molecular formula is C17H13N3O4. The van der Waals surface area contributed by atoms with Gasteiger partial charge in [-0.1, -0.05) is 29.8 Å². The predicted molar refractivity (Wildman–Crippen MR) is 87.3 cm³/mol. The van der Waals surface area contributed by atoms with Crippen molar-refractivity contribution in [3.05, 3.63) is 91.5 Å². The Morgan fingerprint density at radius 1 is 0.958 bits per heavy atom. The van der Waals surface area contributed by atoms with Gasteiger partial charge < -0.3 is 0 Å². The number of nitro benzene ring substituents is 2. The van der Waals surface area contributed by atoms with E-state index in [9.17, 15) is 20.2 Å². The van der Waals surface area contributed by atoms with Crippen molar-refractivity contribution in [3.8, 4) is 6.07 Å². The smallest absolute Gasteiger partial charge is 0.258 e. The molecule has 0 heterocycles. The largest absolute Gasteiger partial charge is 0.269 e. The Bertz CT molecular complexity index is 791. The first-order valence-corrected chi connectivity index (χ1v) is 7.04. The molecule has 0 aliphatic heterocycles. The average Bonchev–Trinajstić information content (AvgIpc) is 2.55. The predicted octanol–water partition coefficient (Wildman–Crippen LogP) is 3.74. The van der Waals surface area contributed by atoms with Crippen LogP contribution in [0.5, 0.6) is 0 Å². The van der Waals surface area contributed by atoms with Crippen LogP contribution < -0.4 is 0 Å². The molecule has 2 rings (SSSR count). The van der Waals surface area contributed by atoms with E-state index in [1.807, 2.05) is 6.07 Å². The van der Waals surface area contributed by atoms with Gasteiger partial charge in [0.1, 0.15) is 0 Å². The van der Waals surface area contributed by atoms with Crippen LogP contribution in [0.1, 0.15) is 11.1 Å². The van der Waals surface area contributed by atoms with Crippen LogP contribution in [0, 0.1) is 31.6 Å². The van der Waals surface area contributed by atoms with Crippen molar-refractivity contribution in [2.75, 3.05) is 0 Å². The first-order valence-electron chi connectivity index (χ1n) is 7.04. The van der Waals surface area contributed by atoms with Gasteiger partial charge in [0.15, 0.2) is 0 Å². The van der Waals surface area contributed by atoms with E-state index in [4.69, 9.17) is 5.26 Å². The van der Waals surface area contributed by atoms with Gasteiger partial charge in [0.05, 0.1) is 15.9 Å². The van der Waals surface area contributed by atoms with Crippen LogP contribution in [0.25, 0.3) is 0 Å². The number of benzene rings is 2. The molecule has 0 saturated heterocycles. The second-order valence-electron chi connectivity index (χ2n) is 5.14. The molecule has 0 atom stereocenters. The summed E-state index contributed by atoms with van der Waals surface area (Å²) in [5.41, 5.74) is 2.10. The molecule has 0 fully saturated rings. The fraction of sp³-hybridized carbons (Fsp3) is 0.118. The van der Waals surface area contributed by atoms with Gasteiger partial charge in [0.2, 0.25) is 0 Å². The molecule has 0 radical (unpaired) electrons. The van der Waals surface area contributed by atoms with Crippen molar-refractivity contribution in [2.24, 2.45) is 0 Å². The van der Waals surface area contributed by atoms with E-state index in [1.54, 1.807) is 24.3 Å². The van der Waals surface area contributed by atoms with Crippen LogP contribution in [-0.4, -0.2) is 9.85 Å². The summed E-state index contributed by atoms with van der Waals surface area (Å²) in [6, 6.07) is 14.3. The molecule has 0 spiro atoms. The highest BCUT2D eigenvalue weighted by Gasteiger charge is 2.10. The Balaban J connectivity index is 2.22. The maximum Gasteiger partial charge on any atom is 0.269 e. The van der Waals surface area contributed by atoms with Crippen molar-refractivity contribution < 1.29 is 9.85 Å². The topological polar surface area (TPSA) is 110 Å². The number of hydrogen-bond acceptors (Lipinski definition) is 5. The summed E-state index contributed by atoms with van der Waals surface area (Å²) in [6.07, 6.45) is 2.09. The number of nitrogens with zero attached hydrogens (tertiary/aromatic N) is 3. The lowest BCUT2D eigenvalue weighted by molar-refractivity contribution is -0.385. The van der Waals surface area contributed by atoms with Crippen LogP contribution in [0.3, 0.4) is 0 Å². The van der Waals surface area contributed by atoms with Gasteiger partial charge >= 0.3 is 0 Å². The summed E-state index contributed by atoms with van der Waals surface area (Å²) in [6.45, 7) is 0. The fourth-order valence-electron chi connectivity index (χ4n) is 2.34. The lowest BCUT2D eigenvalue weighted by atomic mass is 9.97. The first kappa shape index (κ1) is 16.8. The molecule has 0 aromatic heterocycles. The van der Waals surface area contributed by atoms with Gasteiger partial charge in [0.25, 0.3) is 11.4 Å². The Morgan fingerprint density at radius 3 is 1.79 bits per heavy atom. The van der Waals surface area contributed by atoms with E-state index in [-0.39, 0.29) is 11.4 Å². The fourth-order valence-corrected chi connectivity index (χ4v) is 2.34. The molecule has 2 aromatic rings. The van der Waals surface area contributed by atoms with E-state index >= 15 is 0 Å². The second-order valence-corrected chi connectivity index (χ2v) is 5.14. The highest BCUT2D eigenvalue weighted by atomic mass is 16.6. The van der Waals surface area contributed by atoms with Crippen LogP contribution in [0.2, 0.25) is 0 Å². The second kappa shape index (κ2) is 7.65. The first-order chi connectivity index (χ1) is 11.5. The SMILES string of the molecule is N#CC=C(Cc1cccc([N+](=O)[O-])c1)Cc1cccc([N+](=O)[O-])c1. The number of non-ortho nitro benzene ring substituents is 2. The number of nitro groups is 2. The molecule has 0 N–H and O–H groups in total. The van der Waals surface area contributed by atoms with E-state index in [0.29, 0.717) is 24.0 Å². The molecule has 120 valence electrons. The summed E-state index contributed by atoms with van der Waals surface area (Å²) >= 11 is 0. The molecule has 0 saturated carbocycles. The summed E-state index contributed by atoms with van der Waals surface area (Å²) in [5.74, 6) is 0. The van der Waals surface area contributed by atoms with Crippen LogP contribution >= 0.6 is 0 Å². The molecule has 0 bridgehead atoms. The molecule has 7 nitrogen and oxygen atoms in total. The monoisotopic (exact) mass is 323 g/mol. The van der Waals surface area contributed by atoms with Crippen LogP contribution in [0.15, 0.2) is 60.2 Å². The van der Waals surface area contributed by atoms with Crippen LogP contribution in [0.4, 0.5) is 11.4 Å². The summed E-state index contributed by atoms with van der Waals surface area (Å²) in [7, 11) is 0. The third-order valence-electron chi connectivity index (χ3n) is 3.37. The summed E-state index contributed by atoms with van der Waals surface area (Å²) < 4.78 is 0. The number of hydrogen-bond donors (Lipinski definition) is 0. The van der Waals surface area contributed by atoms with E-state index in [1.165, 1.54) is 30.3 Å². The normalized spacial score (nSPS) is 9.79. The van der Waals surface area contributed by atoms with Gasteiger partial charge in [-0.2, -0.15) is 5.26 Å². The zero-order valence-corrected chi connectivity index (χ0v) is 12.6. The van der Waals surface area contributed by atoms with Crippen molar-refractivity contribution in [1.82, 2.24) is 0 Å². The molecule has 7 heteroatoms. The standard InChI is InChI=1S/C17H13N3O4/c18-8-7-15(9-13-3-1-5-16(11-13)19(21)22)10-14-4-2-6-17(12-14)20(23)24/h1-7,11-12H,9-10H2. The van der Waals surface area contributed by atoms with Gasteiger partial charge in [0, 0.05) is 30.3 Å². The molecule has 0 aliphatic rings. The molecular weight excluding hydrogens is 310 g/mol. The van der Waals surface area contributed by atoms with E-state index < -0.39 is 9.85 Å². The highest BCUT2D eigenvalue weighted by molar-refractivity contribution is 5.40. The Labute approximate surface area is 137 Å². The molecule has 24 heavy (non-hydrogen) atoms. The van der Waals surface area contributed by atoms with Gasteiger partial charge in [-0.25, -0.2) is 0 Å². The third-order valence-corrected chi connectivity index (χ3v) is 3.37. The van der Waals surface area contributed by atoms with E-state index in [0.717, 1.165) is 5.57 Å². The van der Waals surface area contributed by atoms with E-state index in [2.05, 4.69) is 0 Å². The summed E-state index contributed by atoms with van der Waals surface area (Å²) in [4.78, 5) is 20.7. The molecule has 0 unspecified atom stereocenters. The number of nitriles is 1. The van der Waals surface area contributed by atoms with Crippen molar-refractivity contribution >= 4 is 11.4 Å². The van der Waals surface area contributed by atoms with Crippen molar-refractivity contribution in [2.45, 2.75) is 12.8 Å². The Kier molecular flexibility index (Phi) is 5.36. The highest BCUT2D eigenvalue weighted by Crippen LogP contribution is 2.20. The quantitative estimate of drug-likeness (QED) is 0.457. The number of allylic oxidation sites excluding steroid dienone is 2. The zero-order chi connectivity index (χ0) is 17.5. The zero-order valence-electron chi connectivity index (χ0n) is 12.6. The lowest BCUT2D eigenvalue weighted by Crippen LogP contribution is -1.98. The maximum atomic E-state index is 10.8. The average molecular weight is 323 g/mol. The van der Waals surface area contributed by atoms with Crippen molar-refractivity contribution in [1.29, 1.82) is 5.26 Å². The molecule has 0 amide bonds. The Hall–Kier alpha value is -3.53. The Morgan fingerprint density at radius 2 is 1.42 bits per heavy atom. The van der Waals surface area contributed by atoms with Gasteiger partial charge in [-0.05, 0) is 24.0 Å². The van der Waals surface area contributed by atoms with Gasteiger partial charge in [-0.3, -0.25) is 20.2 Å². The maximum absolute atomic E-state index is 10.8. The minimum absolute atomic E-state index is 0.0147. The third kappa shape index (κ3) is 4.48. The lowest BCUT2D eigenvalue weighted by Gasteiger charge is -2.07. The number of rotatable bonds is 6. The summed E-state index contributed by atoms with van der Waals surface area (Å²) in [5, 5.41) is 30.6. The molecule has 0 aliphatic carbocycles. The molecule has 2 aromatic carbocycles. The van der Waals surface area contributed by atoms with Crippen LogP contribution in [-0.2, 0) is 12.8 Å². The van der Waals surface area contributed by atoms with Crippen molar-refractivity contribution in [3.63, 3.8) is 0 Å². The minimum Gasteiger partial charge on any atom is -0.258 e.